The largest absolute Gasteiger partial charge is 0.467 e. The van der Waals surface area contributed by atoms with Crippen LogP contribution in [0.4, 0.5) is 4.79 Å². The second-order valence-electron chi connectivity index (χ2n) is 8.87. The van der Waals surface area contributed by atoms with Crippen LogP contribution in [0.15, 0.2) is 0 Å². The first-order chi connectivity index (χ1) is 11.2. The van der Waals surface area contributed by atoms with Crippen molar-refractivity contribution in [1.29, 1.82) is 0 Å². The van der Waals surface area contributed by atoms with Gasteiger partial charge in [-0.2, -0.15) is 0 Å². The second kappa shape index (κ2) is 7.63. The maximum absolute atomic E-state index is 12.1. The average Bonchev–Trinajstić information content (AvgIpc) is 3.19. The number of rotatable bonds is 6. The number of ether oxygens (including phenoxy) is 3. The average molecular weight is 376 g/mol. The van der Waals surface area contributed by atoms with Crippen molar-refractivity contribution in [2.45, 2.75) is 83.5 Å². The van der Waals surface area contributed by atoms with E-state index < -0.39 is 44.2 Å². The minimum absolute atomic E-state index is 0.0373. The summed E-state index contributed by atoms with van der Waals surface area (Å²) in [5.74, 6) is -0.451. The molecule has 1 fully saturated rings. The van der Waals surface area contributed by atoms with Crippen LogP contribution < -0.4 is 5.32 Å². The molecule has 0 aromatic heterocycles. The number of carbonyl (C=O) groups excluding carboxylic acids is 2. The number of hydrogen-bond donors (Lipinski definition) is 1. The van der Waals surface area contributed by atoms with Crippen LogP contribution in [0.3, 0.4) is 0 Å². The summed E-state index contributed by atoms with van der Waals surface area (Å²) in [6.45, 7) is 16.3. The molecule has 146 valence electrons. The minimum atomic E-state index is -2.00. The lowest BCUT2D eigenvalue weighted by Crippen LogP contribution is -2.49. The van der Waals surface area contributed by atoms with E-state index in [4.69, 9.17) is 18.6 Å². The third-order valence-corrected chi connectivity index (χ3v) is 8.99. The van der Waals surface area contributed by atoms with Gasteiger partial charge in [0.2, 0.25) is 0 Å². The highest BCUT2D eigenvalue weighted by atomic mass is 28.4. The summed E-state index contributed by atoms with van der Waals surface area (Å²) in [4.78, 5) is 23.8. The van der Waals surface area contributed by atoms with Crippen LogP contribution in [0.2, 0.25) is 18.1 Å². The van der Waals surface area contributed by atoms with Crippen molar-refractivity contribution >= 4 is 20.4 Å². The zero-order valence-electron chi connectivity index (χ0n) is 16.9. The van der Waals surface area contributed by atoms with Crippen LogP contribution in [0.25, 0.3) is 0 Å². The summed E-state index contributed by atoms with van der Waals surface area (Å²) in [7, 11) is -0.696. The zero-order chi connectivity index (χ0) is 19.6. The Kier molecular flexibility index (Phi) is 6.69. The molecule has 0 aliphatic carbocycles. The van der Waals surface area contributed by atoms with E-state index in [-0.39, 0.29) is 11.6 Å². The van der Waals surface area contributed by atoms with Crippen LogP contribution in [-0.2, 0) is 23.4 Å². The van der Waals surface area contributed by atoms with Crippen LogP contribution >= 0.6 is 0 Å². The number of esters is 1. The molecule has 3 atom stereocenters. The van der Waals surface area contributed by atoms with E-state index in [1.54, 1.807) is 20.8 Å². The normalized spacial score (nSPS) is 22.1. The molecule has 1 amide bonds. The van der Waals surface area contributed by atoms with E-state index in [2.05, 4.69) is 39.2 Å². The monoisotopic (exact) mass is 375 g/mol. The zero-order valence-corrected chi connectivity index (χ0v) is 17.9. The molecule has 0 saturated carbocycles. The number of epoxide rings is 1. The van der Waals surface area contributed by atoms with Crippen LogP contribution in [0, 0.1) is 0 Å². The Bertz CT molecular complexity index is 494. The lowest BCUT2D eigenvalue weighted by Gasteiger charge is -2.37. The van der Waals surface area contributed by atoms with Gasteiger partial charge in [0, 0.05) is 0 Å². The molecule has 1 saturated heterocycles. The summed E-state index contributed by atoms with van der Waals surface area (Å²) in [5, 5.41) is 2.81. The van der Waals surface area contributed by atoms with Crippen molar-refractivity contribution in [2.75, 3.05) is 13.7 Å². The van der Waals surface area contributed by atoms with Gasteiger partial charge in [-0.25, -0.2) is 9.59 Å². The maximum atomic E-state index is 12.1. The van der Waals surface area contributed by atoms with E-state index in [1.165, 1.54) is 7.11 Å². The van der Waals surface area contributed by atoms with Gasteiger partial charge < -0.3 is 24.0 Å². The van der Waals surface area contributed by atoms with Gasteiger partial charge in [-0.1, -0.05) is 20.8 Å². The Morgan fingerprint density at radius 1 is 1.16 bits per heavy atom. The molecule has 0 aromatic rings. The van der Waals surface area contributed by atoms with Gasteiger partial charge in [0.1, 0.15) is 11.7 Å². The molecule has 1 aliphatic heterocycles. The molecular formula is C17H33NO6Si. The third-order valence-electron chi connectivity index (χ3n) is 4.49. The molecule has 1 rings (SSSR count). The van der Waals surface area contributed by atoms with Crippen LogP contribution in [0.1, 0.15) is 41.5 Å². The molecule has 0 aromatic carbocycles. The Labute approximate surface area is 151 Å². The number of methoxy groups -OCH3 is 1. The first-order valence-corrected chi connectivity index (χ1v) is 11.5. The van der Waals surface area contributed by atoms with E-state index >= 15 is 0 Å². The van der Waals surface area contributed by atoms with Gasteiger partial charge in [-0.05, 0) is 38.9 Å². The van der Waals surface area contributed by atoms with Gasteiger partial charge >= 0.3 is 12.1 Å². The second-order valence-corrected chi connectivity index (χ2v) is 13.7. The number of carbonyl (C=O) groups is 2. The van der Waals surface area contributed by atoms with E-state index in [1.807, 2.05) is 0 Å². The van der Waals surface area contributed by atoms with Gasteiger partial charge in [0.15, 0.2) is 14.4 Å². The van der Waals surface area contributed by atoms with Crippen LogP contribution in [-0.4, -0.2) is 57.9 Å². The predicted octanol–water partition coefficient (Wildman–Crippen LogP) is 2.84. The number of alkyl carbamates (subject to hydrolysis) is 1. The van der Waals surface area contributed by atoms with Crippen molar-refractivity contribution in [3.63, 3.8) is 0 Å². The molecule has 7 nitrogen and oxygen atoms in total. The van der Waals surface area contributed by atoms with Crippen molar-refractivity contribution < 1.29 is 28.2 Å². The Hall–Kier alpha value is -1.12. The van der Waals surface area contributed by atoms with E-state index in [0.717, 1.165) is 0 Å². The molecule has 1 N–H and O–H groups in total. The summed E-state index contributed by atoms with van der Waals surface area (Å²) in [5.41, 5.74) is -0.610. The lowest BCUT2D eigenvalue weighted by molar-refractivity contribution is -0.142. The molecule has 1 aliphatic rings. The Morgan fingerprint density at radius 2 is 1.72 bits per heavy atom. The van der Waals surface area contributed by atoms with E-state index in [9.17, 15) is 9.59 Å². The fourth-order valence-electron chi connectivity index (χ4n) is 1.93. The van der Waals surface area contributed by atoms with Crippen molar-refractivity contribution in [2.24, 2.45) is 0 Å². The summed E-state index contributed by atoms with van der Waals surface area (Å²) < 4.78 is 21.6. The van der Waals surface area contributed by atoms with Gasteiger partial charge in [0.25, 0.3) is 0 Å². The molecule has 0 spiro atoms. The Morgan fingerprint density at radius 3 is 2.16 bits per heavy atom. The van der Waals surface area contributed by atoms with Crippen LogP contribution in [0.5, 0.6) is 0 Å². The standard InChI is InChI=1S/C17H33NO6Si/c1-16(2,3)24-15(20)18-11(12-13(23-12)14(19)21-7)10-22-25(8,9)17(4,5)6/h11-13H,10H2,1-9H3,(H,18,20)/t11-,12-,13+/m1/s1. The number of amides is 1. The Balaban J connectivity index is 2.76. The summed E-state index contributed by atoms with van der Waals surface area (Å²) >= 11 is 0. The molecule has 1 heterocycles. The highest BCUT2D eigenvalue weighted by Gasteiger charge is 2.52. The molecule has 25 heavy (non-hydrogen) atoms. The van der Waals surface area contributed by atoms with Gasteiger partial charge in [-0.3, -0.25) is 0 Å². The van der Waals surface area contributed by atoms with E-state index in [0.29, 0.717) is 0 Å². The molecule has 0 bridgehead atoms. The van der Waals surface area contributed by atoms with Gasteiger partial charge in [-0.15, -0.1) is 0 Å². The summed E-state index contributed by atoms with van der Waals surface area (Å²) in [6, 6.07) is -0.479. The van der Waals surface area contributed by atoms with Crippen molar-refractivity contribution in [3.8, 4) is 0 Å². The highest BCUT2D eigenvalue weighted by molar-refractivity contribution is 6.74. The summed E-state index contributed by atoms with van der Waals surface area (Å²) in [6.07, 6.45) is -1.70. The topological polar surface area (TPSA) is 86.4 Å². The maximum Gasteiger partial charge on any atom is 0.408 e. The predicted molar refractivity (Wildman–Crippen MR) is 97.0 cm³/mol. The van der Waals surface area contributed by atoms with Crippen molar-refractivity contribution in [1.82, 2.24) is 5.32 Å². The number of hydrogen-bond acceptors (Lipinski definition) is 6. The van der Waals surface area contributed by atoms with Crippen molar-refractivity contribution in [3.05, 3.63) is 0 Å². The molecular weight excluding hydrogens is 342 g/mol. The third kappa shape index (κ3) is 6.60. The quantitative estimate of drug-likeness (QED) is 0.436. The SMILES string of the molecule is COC(=O)[C@H]1O[C@@H]1[C@@H](CO[Si](C)(C)C(C)(C)C)NC(=O)OC(C)(C)C. The fourth-order valence-corrected chi connectivity index (χ4v) is 2.96. The minimum Gasteiger partial charge on any atom is -0.467 e. The molecule has 0 radical (unpaired) electrons. The first-order valence-electron chi connectivity index (χ1n) is 8.55. The number of nitrogens with one attached hydrogen (secondary N) is 1. The fraction of sp³-hybridized carbons (Fsp3) is 0.882. The first kappa shape index (κ1) is 21.9. The lowest BCUT2D eigenvalue weighted by atomic mass is 10.1. The van der Waals surface area contributed by atoms with Gasteiger partial charge in [0.05, 0.1) is 19.8 Å². The molecule has 8 heteroatoms. The molecule has 0 unspecified atom stereocenters. The smallest absolute Gasteiger partial charge is 0.408 e. The highest BCUT2D eigenvalue weighted by Crippen LogP contribution is 2.37.